The number of rotatable bonds is 6. The van der Waals surface area contributed by atoms with Crippen molar-refractivity contribution in [2.75, 3.05) is 6.61 Å². The second kappa shape index (κ2) is 7.07. The van der Waals surface area contributed by atoms with Gasteiger partial charge in [0.05, 0.1) is 12.2 Å². The number of ether oxygens (including phenoxy) is 1. The largest absolute Gasteiger partial charge is 0.493 e. The van der Waals surface area contributed by atoms with Gasteiger partial charge in [-0.3, -0.25) is 4.79 Å². The Morgan fingerprint density at radius 3 is 2.33 bits per heavy atom. The molecule has 0 fully saturated rings. The van der Waals surface area contributed by atoms with E-state index in [-0.39, 0.29) is 5.78 Å². The van der Waals surface area contributed by atoms with Gasteiger partial charge in [-0.15, -0.1) is 0 Å². The number of hydrogen-bond acceptors (Lipinski definition) is 2. The lowest BCUT2D eigenvalue weighted by molar-refractivity contribution is 0.103. The summed E-state index contributed by atoms with van der Waals surface area (Å²) in [6.07, 6.45) is 1.03. The summed E-state index contributed by atoms with van der Waals surface area (Å²) in [5.41, 5.74) is 2.59. The minimum atomic E-state index is 0.00940. The van der Waals surface area contributed by atoms with E-state index >= 15 is 0 Å². The van der Waals surface area contributed by atoms with E-state index in [0.717, 1.165) is 6.42 Å². The van der Waals surface area contributed by atoms with Crippen LogP contribution in [-0.4, -0.2) is 12.4 Å². The van der Waals surface area contributed by atoms with E-state index < -0.39 is 0 Å². The SMILES string of the molecule is CCOc1ccccc1C(=O)c1ccc(CC(C)C)cc1. The molecule has 21 heavy (non-hydrogen) atoms. The van der Waals surface area contributed by atoms with Crippen molar-refractivity contribution >= 4 is 5.78 Å². The van der Waals surface area contributed by atoms with Crippen molar-refractivity contribution < 1.29 is 9.53 Å². The van der Waals surface area contributed by atoms with Crippen molar-refractivity contribution in [2.24, 2.45) is 5.92 Å². The van der Waals surface area contributed by atoms with Crippen molar-refractivity contribution in [1.29, 1.82) is 0 Å². The van der Waals surface area contributed by atoms with Crippen LogP contribution >= 0.6 is 0 Å². The number of ketones is 1. The average Bonchev–Trinajstić information content (AvgIpc) is 2.48. The normalized spacial score (nSPS) is 10.7. The monoisotopic (exact) mass is 282 g/mol. The zero-order chi connectivity index (χ0) is 15.2. The van der Waals surface area contributed by atoms with Crippen molar-refractivity contribution in [3.8, 4) is 5.75 Å². The fourth-order valence-electron chi connectivity index (χ4n) is 2.35. The fraction of sp³-hybridized carbons (Fsp3) is 0.316. The molecule has 0 heterocycles. The Labute approximate surface area is 126 Å². The van der Waals surface area contributed by atoms with Crippen LogP contribution in [0.5, 0.6) is 5.75 Å². The molecule has 2 nitrogen and oxygen atoms in total. The third-order valence-electron chi connectivity index (χ3n) is 3.29. The third kappa shape index (κ3) is 3.94. The minimum Gasteiger partial charge on any atom is -0.493 e. The maximum absolute atomic E-state index is 12.6. The van der Waals surface area contributed by atoms with E-state index in [0.29, 0.717) is 29.4 Å². The Balaban J connectivity index is 2.24. The molecule has 0 aromatic heterocycles. The van der Waals surface area contributed by atoms with Crippen LogP contribution < -0.4 is 4.74 Å². The van der Waals surface area contributed by atoms with Crippen LogP contribution in [0.15, 0.2) is 48.5 Å². The number of hydrogen-bond donors (Lipinski definition) is 0. The number of carbonyl (C=O) groups excluding carboxylic acids is 1. The zero-order valence-corrected chi connectivity index (χ0v) is 12.9. The Morgan fingerprint density at radius 1 is 1.05 bits per heavy atom. The lowest BCUT2D eigenvalue weighted by Crippen LogP contribution is -2.05. The molecule has 2 aromatic rings. The molecule has 0 bridgehead atoms. The summed E-state index contributed by atoms with van der Waals surface area (Å²) in [7, 11) is 0. The van der Waals surface area contributed by atoms with E-state index in [4.69, 9.17) is 4.74 Å². The maximum atomic E-state index is 12.6. The number of benzene rings is 2. The average molecular weight is 282 g/mol. The smallest absolute Gasteiger partial charge is 0.196 e. The van der Waals surface area contributed by atoms with Crippen LogP contribution in [0.25, 0.3) is 0 Å². The second-order valence-electron chi connectivity index (χ2n) is 5.55. The predicted molar refractivity (Wildman–Crippen MR) is 86.0 cm³/mol. The molecule has 0 saturated carbocycles. The molecule has 110 valence electrons. The van der Waals surface area contributed by atoms with Crippen molar-refractivity contribution in [1.82, 2.24) is 0 Å². The molecule has 0 saturated heterocycles. The van der Waals surface area contributed by atoms with Crippen LogP contribution in [0, 0.1) is 5.92 Å². The van der Waals surface area contributed by atoms with Gasteiger partial charge < -0.3 is 4.74 Å². The zero-order valence-electron chi connectivity index (χ0n) is 12.9. The summed E-state index contributed by atoms with van der Waals surface area (Å²) in [6.45, 7) is 6.86. The molecule has 0 amide bonds. The first-order valence-electron chi connectivity index (χ1n) is 7.47. The van der Waals surface area contributed by atoms with Gasteiger partial charge in [0.15, 0.2) is 5.78 Å². The molecular formula is C19H22O2. The first-order valence-corrected chi connectivity index (χ1v) is 7.47. The summed E-state index contributed by atoms with van der Waals surface area (Å²) in [5, 5.41) is 0. The lowest BCUT2D eigenvalue weighted by Gasteiger charge is -2.10. The number of para-hydroxylation sites is 1. The summed E-state index contributed by atoms with van der Waals surface area (Å²) in [4.78, 5) is 12.6. The fourth-order valence-corrected chi connectivity index (χ4v) is 2.35. The quantitative estimate of drug-likeness (QED) is 0.728. The highest BCUT2D eigenvalue weighted by Crippen LogP contribution is 2.22. The van der Waals surface area contributed by atoms with E-state index in [1.165, 1.54) is 5.56 Å². The molecule has 0 atom stereocenters. The topological polar surface area (TPSA) is 26.3 Å². The van der Waals surface area contributed by atoms with Gasteiger partial charge in [-0.2, -0.15) is 0 Å². The Hall–Kier alpha value is -2.09. The van der Waals surface area contributed by atoms with Crippen LogP contribution in [-0.2, 0) is 6.42 Å². The van der Waals surface area contributed by atoms with Gasteiger partial charge in [0.1, 0.15) is 5.75 Å². The number of carbonyl (C=O) groups is 1. The van der Waals surface area contributed by atoms with Crippen LogP contribution in [0.1, 0.15) is 42.3 Å². The summed E-state index contributed by atoms with van der Waals surface area (Å²) in [6, 6.07) is 15.3. The van der Waals surface area contributed by atoms with Gasteiger partial charge in [0.25, 0.3) is 0 Å². The summed E-state index contributed by atoms with van der Waals surface area (Å²) in [5.74, 6) is 1.27. The van der Waals surface area contributed by atoms with Crippen LogP contribution in [0.2, 0.25) is 0 Å². The van der Waals surface area contributed by atoms with E-state index in [2.05, 4.69) is 13.8 Å². The second-order valence-corrected chi connectivity index (χ2v) is 5.55. The Bertz CT molecular complexity index is 597. The maximum Gasteiger partial charge on any atom is 0.196 e. The lowest BCUT2D eigenvalue weighted by atomic mass is 9.98. The predicted octanol–water partition coefficient (Wildman–Crippen LogP) is 4.51. The molecule has 0 aliphatic heterocycles. The molecule has 2 aromatic carbocycles. The van der Waals surface area contributed by atoms with Gasteiger partial charge in [-0.25, -0.2) is 0 Å². The van der Waals surface area contributed by atoms with E-state index in [9.17, 15) is 4.79 Å². The Kier molecular flexibility index (Phi) is 5.15. The molecule has 2 heteroatoms. The molecular weight excluding hydrogens is 260 g/mol. The summed E-state index contributed by atoms with van der Waals surface area (Å²) >= 11 is 0. The van der Waals surface area contributed by atoms with Gasteiger partial charge >= 0.3 is 0 Å². The van der Waals surface area contributed by atoms with E-state index in [1.54, 1.807) is 0 Å². The molecule has 0 unspecified atom stereocenters. The van der Waals surface area contributed by atoms with Crippen LogP contribution in [0.4, 0.5) is 0 Å². The standard InChI is InChI=1S/C19H22O2/c1-4-21-18-8-6-5-7-17(18)19(20)16-11-9-15(10-12-16)13-14(2)3/h5-12,14H,4,13H2,1-3H3. The first kappa shape index (κ1) is 15.3. The first-order chi connectivity index (χ1) is 10.1. The highest BCUT2D eigenvalue weighted by atomic mass is 16.5. The summed E-state index contributed by atoms with van der Waals surface area (Å²) < 4.78 is 5.54. The van der Waals surface area contributed by atoms with Crippen LogP contribution in [0.3, 0.4) is 0 Å². The van der Waals surface area contributed by atoms with Gasteiger partial charge in [-0.05, 0) is 37.0 Å². The van der Waals surface area contributed by atoms with E-state index in [1.807, 2.05) is 55.5 Å². The van der Waals surface area contributed by atoms with Gasteiger partial charge in [0.2, 0.25) is 0 Å². The van der Waals surface area contributed by atoms with Gasteiger partial charge in [-0.1, -0.05) is 50.2 Å². The molecule has 0 aliphatic carbocycles. The molecule has 0 radical (unpaired) electrons. The molecule has 2 rings (SSSR count). The Morgan fingerprint density at radius 2 is 1.71 bits per heavy atom. The molecule has 0 N–H and O–H groups in total. The van der Waals surface area contributed by atoms with Gasteiger partial charge in [0, 0.05) is 5.56 Å². The van der Waals surface area contributed by atoms with Crippen molar-refractivity contribution in [2.45, 2.75) is 27.2 Å². The minimum absolute atomic E-state index is 0.00940. The van der Waals surface area contributed by atoms with Crippen molar-refractivity contribution in [3.05, 3.63) is 65.2 Å². The third-order valence-corrected chi connectivity index (χ3v) is 3.29. The highest BCUT2D eigenvalue weighted by Gasteiger charge is 2.14. The molecule has 0 spiro atoms. The van der Waals surface area contributed by atoms with Crippen molar-refractivity contribution in [3.63, 3.8) is 0 Å². The molecule has 0 aliphatic rings. The highest BCUT2D eigenvalue weighted by molar-refractivity contribution is 6.10.